The molecule has 4 unspecified atom stereocenters. The van der Waals surface area contributed by atoms with Crippen LogP contribution in [-0.2, 0) is 9.59 Å². The van der Waals surface area contributed by atoms with Crippen LogP contribution in [0.2, 0.25) is 0 Å². The minimum Gasteiger partial charge on any atom is -0.496 e. The molecule has 2 amide bonds. The Bertz CT molecular complexity index is 1220. The van der Waals surface area contributed by atoms with Crippen LogP contribution in [-0.4, -0.2) is 54.9 Å². The van der Waals surface area contributed by atoms with Gasteiger partial charge in [0.25, 0.3) is 5.91 Å². The van der Waals surface area contributed by atoms with Crippen molar-refractivity contribution in [3.63, 3.8) is 0 Å². The van der Waals surface area contributed by atoms with E-state index in [9.17, 15) is 37.1 Å². The van der Waals surface area contributed by atoms with Crippen LogP contribution in [0.4, 0.5) is 17.6 Å². The molecule has 4 atom stereocenters. The third kappa shape index (κ3) is 5.53. The lowest BCUT2D eigenvalue weighted by Crippen LogP contribution is -2.55. The molecule has 0 radical (unpaired) electrons. The van der Waals surface area contributed by atoms with Gasteiger partial charge in [0.1, 0.15) is 5.75 Å². The minimum atomic E-state index is -4.40. The van der Waals surface area contributed by atoms with E-state index in [1.165, 1.54) is 13.2 Å². The molecule has 3 N–H and O–H groups in total. The van der Waals surface area contributed by atoms with Crippen LogP contribution >= 0.6 is 0 Å². The van der Waals surface area contributed by atoms with Gasteiger partial charge in [-0.2, -0.15) is 13.2 Å². The van der Waals surface area contributed by atoms with Gasteiger partial charge >= 0.3 is 12.1 Å². The Hall–Kier alpha value is -3.05. The average molecular weight is 599 g/mol. The first kappa shape index (κ1) is 30.4. The molecular weight excluding hydrogens is 560 g/mol. The summed E-state index contributed by atoms with van der Waals surface area (Å²) in [5.74, 6) is -3.59. The molecule has 2 bridgehead atoms. The van der Waals surface area contributed by atoms with E-state index in [-0.39, 0.29) is 41.7 Å². The van der Waals surface area contributed by atoms with Crippen LogP contribution in [0.3, 0.4) is 0 Å². The zero-order chi connectivity index (χ0) is 30.4. The van der Waals surface area contributed by atoms with Gasteiger partial charge in [-0.25, -0.2) is 4.39 Å². The standard InChI is InChI=1S/C30H38F4N2O6/c1-28(27(39)40)10-6-18(7-11-28)42-22-13-19(21(41-2)14-20(22)31)25(37)36-24-17-5-4-16(12-17)23(24)26(38)35-15-29(8-3-9-29)30(32,33)34/h13-14,16-18,23-24H,3-12,15H2,1-2H3,(H,35,38)(H,36,37)(H,39,40). The molecule has 4 aliphatic rings. The first-order chi connectivity index (χ1) is 19.8. The van der Waals surface area contributed by atoms with Crippen LogP contribution < -0.4 is 20.1 Å². The van der Waals surface area contributed by atoms with Gasteiger partial charge < -0.3 is 25.2 Å². The zero-order valence-electron chi connectivity index (χ0n) is 23.8. The number of aliphatic carboxylic acids is 1. The number of ether oxygens (including phenoxy) is 2. The summed E-state index contributed by atoms with van der Waals surface area (Å²) >= 11 is 0. The molecule has 0 aliphatic heterocycles. The van der Waals surface area contributed by atoms with E-state index in [0.29, 0.717) is 38.5 Å². The highest BCUT2D eigenvalue weighted by Crippen LogP contribution is 2.53. The number of nitrogens with one attached hydrogen (secondary N) is 2. The maximum absolute atomic E-state index is 14.9. The molecule has 4 aliphatic carbocycles. The first-order valence-corrected chi connectivity index (χ1v) is 14.7. The predicted octanol–water partition coefficient (Wildman–Crippen LogP) is 5.24. The second kappa shape index (κ2) is 11.2. The van der Waals surface area contributed by atoms with E-state index >= 15 is 0 Å². The Balaban J connectivity index is 1.28. The first-order valence-electron chi connectivity index (χ1n) is 14.7. The minimum absolute atomic E-state index is 0.00271. The summed E-state index contributed by atoms with van der Waals surface area (Å²) in [6.45, 7) is 1.20. The SMILES string of the molecule is COc1cc(F)c(OC2CCC(C)(C(=O)O)CC2)cc1C(=O)NC1C2CCC(C2)C1C(=O)NCC1(C(F)(F)F)CCC1. The highest BCUT2D eigenvalue weighted by molar-refractivity contribution is 5.98. The molecule has 12 heteroatoms. The van der Waals surface area contributed by atoms with Gasteiger partial charge in [0, 0.05) is 18.7 Å². The molecule has 1 aromatic rings. The van der Waals surface area contributed by atoms with Crippen molar-refractivity contribution in [2.75, 3.05) is 13.7 Å². The van der Waals surface area contributed by atoms with Crippen molar-refractivity contribution in [2.24, 2.45) is 28.6 Å². The van der Waals surface area contributed by atoms with Gasteiger partial charge in [0.15, 0.2) is 11.6 Å². The monoisotopic (exact) mass is 598 g/mol. The Morgan fingerprint density at radius 3 is 2.26 bits per heavy atom. The number of halogens is 4. The second-order valence-corrected chi connectivity index (χ2v) is 12.9. The summed E-state index contributed by atoms with van der Waals surface area (Å²) in [5, 5.41) is 14.9. The zero-order valence-corrected chi connectivity index (χ0v) is 23.8. The number of fused-ring (bicyclic) bond motifs is 2. The molecule has 4 saturated carbocycles. The number of hydrogen-bond acceptors (Lipinski definition) is 5. The Labute approximate surface area is 241 Å². The number of rotatable bonds is 9. The number of carboxylic acid groups (broad SMARTS) is 1. The number of methoxy groups -OCH3 is 1. The number of carbonyl (C=O) groups excluding carboxylic acids is 2. The Morgan fingerprint density at radius 2 is 1.69 bits per heavy atom. The van der Waals surface area contributed by atoms with E-state index in [2.05, 4.69) is 10.6 Å². The molecule has 232 valence electrons. The smallest absolute Gasteiger partial charge is 0.396 e. The third-order valence-corrected chi connectivity index (χ3v) is 10.4. The summed E-state index contributed by atoms with van der Waals surface area (Å²) in [6.07, 6.45) is -0.568. The fourth-order valence-electron chi connectivity index (χ4n) is 7.36. The molecule has 0 aromatic heterocycles. The molecule has 42 heavy (non-hydrogen) atoms. The highest BCUT2D eigenvalue weighted by Gasteiger charge is 2.59. The molecule has 4 fully saturated rings. The number of carboxylic acids is 1. The van der Waals surface area contributed by atoms with Crippen molar-refractivity contribution in [1.82, 2.24) is 10.6 Å². The van der Waals surface area contributed by atoms with Gasteiger partial charge in [0.05, 0.1) is 35.5 Å². The molecular formula is C30H38F4N2O6. The van der Waals surface area contributed by atoms with Crippen molar-refractivity contribution >= 4 is 17.8 Å². The lowest BCUT2D eigenvalue weighted by atomic mass is 9.68. The number of amides is 2. The highest BCUT2D eigenvalue weighted by atomic mass is 19.4. The normalized spacial score (nSPS) is 31.6. The fourth-order valence-corrected chi connectivity index (χ4v) is 7.36. The quantitative estimate of drug-likeness (QED) is 0.335. The van der Waals surface area contributed by atoms with Gasteiger partial charge in [0.2, 0.25) is 5.91 Å². The predicted molar refractivity (Wildman–Crippen MR) is 143 cm³/mol. The van der Waals surface area contributed by atoms with Crippen LogP contribution in [0.1, 0.15) is 81.5 Å². The van der Waals surface area contributed by atoms with Crippen LogP contribution in [0.25, 0.3) is 0 Å². The molecule has 5 rings (SSSR count). The molecule has 8 nitrogen and oxygen atoms in total. The van der Waals surface area contributed by atoms with E-state index in [1.54, 1.807) is 6.92 Å². The lowest BCUT2D eigenvalue weighted by molar-refractivity contribution is -0.248. The van der Waals surface area contributed by atoms with Gasteiger partial charge in [-0.15, -0.1) is 0 Å². The van der Waals surface area contributed by atoms with E-state index in [4.69, 9.17) is 9.47 Å². The van der Waals surface area contributed by atoms with Crippen LogP contribution in [0.15, 0.2) is 12.1 Å². The molecule has 0 heterocycles. The largest absolute Gasteiger partial charge is 0.496 e. The molecule has 0 spiro atoms. The molecule has 1 aromatic carbocycles. The van der Waals surface area contributed by atoms with Crippen LogP contribution in [0.5, 0.6) is 11.5 Å². The van der Waals surface area contributed by atoms with Crippen molar-refractivity contribution in [3.8, 4) is 11.5 Å². The fraction of sp³-hybridized carbons (Fsp3) is 0.700. The Morgan fingerprint density at radius 1 is 1.02 bits per heavy atom. The van der Waals surface area contributed by atoms with Crippen LogP contribution in [0, 0.1) is 34.4 Å². The number of hydrogen-bond donors (Lipinski definition) is 3. The maximum Gasteiger partial charge on any atom is 0.396 e. The Kier molecular flexibility index (Phi) is 8.12. The van der Waals surface area contributed by atoms with Gasteiger partial charge in [-0.05, 0) is 82.6 Å². The summed E-state index contributed by atoms with van der Waals surface area (Å²) in [7, 11) is 1.30. The van der Waals surface area contributed by atoms with E-state index < -0.39 is 65.2 Å². The topological polar surface area (TPSA) is 114 Å². The number of carbonyl (C=O) groups is 3. The van der Waals surface area contributed by atoms with Gasteiger partial charge in [-0.1, -0.05) is 6.42 Å². The second-order valence-electron chi connectivity index (χ2n) is 12.9. The van der Waals surface area contributed by atoms with Crippen molar-refractivity contribution in [2.45, 2.75) is 89.5 Å². The van der Waals surface area contributed by atoms with Crippen molar-refractivity contribution in [1.29, 1.82) is 0 Å². The van der Waals surface area contributed by atoms with E-state index in [1.807, 2.05) is 0 Å². The molecule has 0 saturated heterocycles. The summed E-state index contributed by atoms with van der Waals surface area (Å²) in [6, 6.07) is 1.72. The number of benzene rings is 1. The van der Waals surface area contributed by atoms with E-state index in [0.717, 1.165) is 18.9 Å². The summed E-state index contributed by atoms with van der Waals surface area (Å²) in [5.41, 5.74) is -2.74. The average Bonchev–Trinajstić information content (AvgIpc) is 3.51. The summed E-state index contributed by atoms with van der Waals surface area (Å²) in [4.78, 5) is 38.3. The number of alkyl halides is 3. The summed E-state index contributed by atoms with van der Waals surface area (Å²) < 4.78 is 67.0. The maximum atomic E-state index is 14.9. The van der Waals surface area contributed by atoms with Gasteiger partial charge in [-0.3, -0.25) is 14.4 Å². The third-order valence-electron chi connectivity index (χ3n) is 10.4. The van der Waals surface area contributed by atoms with Crippen molar-refractivity contribution in [3.05, 3.63) is 23.5 Å². The van der Waals surface area contributed by atoms with Crippen molar-refractivity contribution < 1.29 is 46.5 Å². The lowest BCUT2D eigenvalue weighted by Gasteiger charge is -2.43.